The summed E-state index contributed by atoms with van der Waals surface area (Å²) in [7, 11) is 0. The van der Waals surface area contributed by atoms with Gasteiger partial charge in [0.15, 0.2) is 11.4 Å². The molecule has 1 fully saturated rings. The van der Waals surface area contributed by atoms with Gasteiger partial charge in [0.1, 0.15) is 0 Å². The van der Waals surface area contributed by atoms with Crippen molar-refractivity contribution in [2.24, 2.45) is 0 Å². The maximum Gasteiger partial charge on any atom is 0.248 e. The molecule has 0 bridgehead atoms. The SMILES string of the molecule is Nc1noc2cc(COC3CCC(F)(F)CC3)c(Cl)cc12. The summed E-state index contributed by atoms with van der Waals surface area (Å²) in [5.74, 6) is -2.26. The van der Waals surface area contributed by atoms with Crippen molar-refractivity contribution in [3.8, 4) is 0 Å². The third-order valence-corrected chi connectivity index (χ3v) is 4.16. The number of benzene rings is 1. The number of nitrogen functional groups attached to an aromatic ring is 1. The van der Waals surface area contributed by atoms with E-state index in [1.54, 1.807) is 12.1 Å². The molecule has 2 N–H and O–H groups in total. The Morgan fingerprint density at radius 3 is 2.81 bits per heavy atom. The van der Waals surface area contributed by atoms with Gasteiger partial charge in [-0.05, 0) is 25.0 Å². The van der Waals surface area contributed by atoms with E-state index in [1.807, 2.05) is 0 Å². The number of hydrogen-bond acceptors (Lipinski definition) is 4. The van der Waals surface area contributed by atoms with E-state index in [2.05, 4.69) is 5.16 Å². The zero-order chi connectivity index (χ0) is 15.0. The summed E-state index contributed by atoms with van der Waals surface area (Å²) in [5.41, 5.74) is 6.91. The predicted molar refractivity (Wildman–Crippen MR) is 75.4 cm³/mol. The lowest BCUT2D eigenvalue weighted by atomic mass is 9.94. The molecule has 0 atom stereocenters. The molecule has 0 radical (unpaired) electrons. The van der Waals surface area contributed by atoms with Gasteiger partial charge in [0.25, 0.3) is 0 Å². The molecule has 1 aliphatic carbocycles. The van der Waals surface area contributed by atoms with Gasteiger partial charge in [-0.25, -0.2) is 8.78 Å². The number of nitrogens with two attached hydrogens (primary N) is 1. The highest BCUT2D eigenvalue weighted by Gasteiger charge is 2.35. The molecule has 0 saturated heterocycles. The zero-order valence-electron chi connectivity index (χ0n) is 11.2. The summed E-state index contributed by atoms with van der Waals surface area (Å²) in [6.45, 7) is 0.256. The Labute approximate surface area is 125 Å². The molecule has 114 valence electrons. The van der Waals surface area contributed by atoms with Crippen molar-refractivity contribution in [1.82, 2.24) is 5.16 Å². The lowest BCUT2D eigenvalue weighted by molar-refractivity contribution is -0.0838. The van der Waals surface area contributed by atoms with Crippen LogP contribution >= 0.6 is 11.6 Å². The van der Waals surface area contributed by atoms with E-state index in [1.165, 1.54) is 0 Å². The molecule has 0 spiro atoms. The van der Waals surface area contributed by atoms with Gasteiger partial charge < -0.3 is 15.0 Å². The van der Waals surface area contributed by atoms with E-state index in [-0.39, 0.29) is 31.4 Å². The largest absolute Gasteiger partial charge is 0.380 e. The van der Waals surface area contributed by atoms with Crippen LogP contribution in [0.15, 0.2) is 16.7 Å². The molecule has 1 aliphatic rings. The number of aromatic nitrogens is 1. The minimum Gasteiger partial charge on any atom is -0.380 e. The summed E-state index contributed by atoms with van der Waals surface area (Å²) in [6.07, 6.45) is 0.326. The topological polar surface area (TPSA) is 61.3 Å². The molecule has 2 aromatic rings. The van der Waals surface area contributed by atoms with Crippen LogP contribution in [-0.4, -0.2) is 17.2 Å². The molecule has 4 nitrogen and oxygen atoms in total. The third-order valence-electron chi connectivity index (χ3n) is 3.81. The van der Waals surface area contributed by atoms with Crippen molar-refractivity contribution >= 4 is 28.4 Å². The highest BCUT2D eigenvalue weighted by molar-refractivity contribution is 6.32. The number of alkyl halides is 2. The molecule has 0 amide bonds. The number of hydrogen-bond donors (Lipinski definition) is 1. The van der Waals surface area contributed by atoms with Gasteiger partial charge in [0.05, 0.1) is 18.1 Å². The van der Waals surface area contributed by atoms with Crippen LogP contribution in [0.2, 0.25) is 5.02 Å². The van der Waals surface area contributed by atoms with Gasteiger partial charge in [-0.15, -0.1) is 0 Å². The van der Waals surface area contributed by atoms with E-state index in [0.717, 1.165) is 5.56 Å². The van der Waals surface area contributed by atoms with Crippen molar-refractivity contribution < 1.29 is 18.0 Å². The average Bonchev–Trinajstić information content (AvgIpc) is 2.78. The van der Waals surface area contributed by atoms with E-state index in [0.29, 0.717) is 28.8 Å². The summed E-state index contributed by atoms with van der Waals surface area (Å²) >= 11 is 6.17. The number of anilines is 1. The highest BCUT2D eigenvalue weighted by atomic mass is 35.5. The molecule has 1 aromatic heterocycles. The second-order valence-corrected chi connectivity index (χ2v) is 5.78. The Morgan fingerprint density at radius 1 is 1.38 bits per heavy atom. The first-order valence-electron chi connectivity index (χ1n) is 6.77. The lowest BCUT2D eigenvalue weighted by Crippen LogP contribution is -2.29. The van der Waals surface area contributed by atoms with Gasteiger partial charge in [0, 0.05) is 23.4 Å². The molecule has 7 heteroatoms. The molecule has 1 aromatic carbocycles. The van der Waals surface area contributed by atoms with Crippen molar-refractivity contribution in [3.05, 3.63) is 22.7 Å². The number of halogens is 3. The fourth-order valence-corrected chi connectivity index (χ4v) is 2.74. The van der Waals surface area contributed by atoms with Crippen molar-refractivity contribution in [2.45, 2.75) is 44.3 Å². The first-order chi connectivity index (χ1) is 9.94. The van der Waals surface area contributed by atoms with Crippen LogP contribution in [0.3, 0.4) is 0 Å². The van der Waals surface area contributed by atoms with Crippen LogP contribution in [0.4, 0.5) is 14.6 Å². The third kappa shape index (κ3) is 3.11. The molecule has 1 heterocycles. The Bertz CT molecular complexity index is 650. The normalized spacial score (nSPS) is 19.2. The molecular formula is C14H15ClF2N2O2. The minimum absolute atomic E-state index is 0.122. The van der Waals surface area contributed by atoms with E-state index in [4.69, 9.17) is 26.6 Å². The fourth-order valence-electron chi connectivity index (χ4n) is 2.52. The molecular weight excluding hydrogens is 302 g/mol. The molecule has 1 saturated carbocycles. The molecule has 0 aliphatic heterocycles. The van der Waals surface area contributed by atoms with Gasteiger partial charge in [-0.2, -0.15) is 0 Å². The zero-order valence-corrected chi connectivity index (χ0v) is 12.0. The second-order valence-electron chi connectivity index (χ2n) is 5.37. The van der Waals surface area contributed by atoms with E-state index < -0.39 is 5.92 Å². The number of fused-ring (bicyclic) bond motifs is 1. The van der Waals surface area contributed by atoms with Crippen molar-refractivity contribution in [3.63, 3.8) is 0 Å². The lowest BCUT2D eigenvalue weighted by Gasteiger charge is -2.28. The van der Waals surface area contributed by atoms with E-state index in [9.17, 15) is 8.78 Å². The van der Waals surface area contributed by atoms with Gasteiger partial charge in [0.2, 0.25) is 5.92 Å². The maximum atomic E-state index is 13.1. The van der Waals surface area contributed by atoms with Crippen molar-refractivity contribution in [2.75, 3.05) is 5.73 Å². The van der Waals surface area contributed by atoms with Crippen LogP contribution < -0.4 is 5.73 Å². The number of ether oxygens (including phenoxy) is 1. The Morgan fingerprint density at radius 2 is 2.10 bits per heavy atom. The average molecular weight is 317 g/mol. The Kier molecular flexibility index (Phi) is 3.75. The van der Waals surface area contributed by atoms with Crippen LogP contribution in [-0.2, 0) is 11.3 Å². The summed E-state index contributed by atoms with van der Waals surface area (Å²) in [6, 6.07) is 3.40. The molecule has 3 rings (SSSR count). The smallest absolute Gasteiger partial charge is 0.248 e. The Hall–Kier alpha value is -1.40. The van der Waals surface area contributed by atoms with Crippen molar-refractivity contribution in [1.29, 1.82) is 0 Å². The first-order valence-corrected chi connectivity index (χ1v) is 7.15. The fraction of sp³-hybridized carbons (Fsp3) is 0.500. The first kappa shape index (κ1) is 14.5. The van der Waals surface area contributed by atoms with Gasteiger partial charge in [-0.3, -0.25) is 0 Å². The summed E-state index contributed by atoms with van der Waals surface area (Å²) in [5, 5.41) is 4.82. The Balaban J connectivity index is 1.67. The molecule has 21 heavy (non-hydrogen) atoms. The summed E-state index contributed by atoms with van der Waals surface area (Å²) in [4.78, 5) is 0. The number of nitrogens with zero attached hydrogens (tertiary/aromatic N) is 1. The monoisotopic (exact) mass is 316 g/mol. The van der Waals surface area contributed by atoms with Crippen LogP contribution in [0, 0.1) is 0 Å². The highest BCUT2D eigenvalue weighted by Crippen LogP contribution is 2.35. The van der Waals surface area contributed by atoms with Crippen LogP contribution in [0.1, 0.15) is 31.2 Å². The van der Waals surface area contributed by atoms with Crippen LogP contribution in [0.25, 0.3) is 11.0 Å². The standard InChI is InChI=1S/C14H15ClF2N2O2/c15-11-6-10-12(21-19-13(10)18)5-8(11)7-20-9-1-3-14(16,17)4-2-9/h5-6,9H,1-4,7H2,(H2,18,19). The number of rotatable bonds is 3. The minimum atomic E-state index is -2.55. The second kappa shape index (κ2) is 5.42. The summed E-state index contributed by atoms with van der Waals surface area (Å²) < 4.78 is 36.9. The van der Waals surface area contributed by atoms with E-state index >= 15 is 0 Å². The quantitative estimate of drug-likeness (QED) is 0.923. The predicted octanol–water partition coefficient (Wildman–Crippen LogP) is 4.16. The van der Waals surface area contributed by atoms with Gasteiger partial charge in [-0.1, -0.05) is 16.8 Å². The maximum absolute atomic E-state index is 13.1. The molecule has 0 unspecified atom stereocenters. The van der Waals surface area contributed by atoms with Crippen LogP contribution in [0.5, 0.6) is 0 Å². The van der Waals surface area contributed by atoms with Gasteiger partial charge >= 0.3 is 0 Å².